The minimum absolute atomic E-state index is 0.255. The molecule has 7 nitrogen and oxygen atoms in total. The molecule has 0 aliphatic carbocycles. The molecule has 0 bridgehead atoms. The molecule has 0 unspecified atom stereocenters. The number of hydrogen-bond acceptors (Lipinski definition) is 7. The van der Waals surface area contributed by atoms with Gasteiger partial charge in [0.1, 0.15) is 24.6 Å². The van der Waals surface area contributed by atoms with Crippen molar-refractivity contribution in [1.29, 1.82) is 0 Å². The summed E-state index contributed by atoms with van der Waals surface area (Å²) >= 11 is 5.83. The molecule has 0 spiro atoms. The summed E-state index contributed by atoms with van der Waals surface area (Å²) in [5.41, 5.74) is 1.85. The fraction of sp³-hybridized carbons (Fsp3) is 0.136. The van der Waals surface area contributed by atoms with E-state index >= 15 is 0 Å². The van der Waals surface area contributed by atoms with Gasteiger partial charge in [0.25, 0.3) is 0 Å². The van der Waals surface area contributed by atoms with Crippen molar-refractivity contribution in [3.8, 4) is 11.5 Å². The van der Waals surface area contributed by atoms with Gasteiger partial charge in [-0.05, 0) is 36.4 Å². The molecule has 0 amide bonds. The van der Waals surface area contributed by atoms with E-state index in [0.717, 1.165) is 5.69 Å². The van der Waals surface area contributed by atoms with Crippen LogP contribution in [0.2, 0.25) is 5.02 Å². The number of anilines is 3. The summed E-state index contributed by atoms with van der Waals surface area (Å²) in [6.45, 7) is 1.01. The minimum Gasteiger partial charge on any atom is -0.493 e. The number of benzene rings is 2. The summed E-state index contributed by atoms with van der Waals surface area (Å²) in [6, 6.07) is 11.7. The van der Waals surface area contributed by atoms with E-state index in [0.29, 0.717) is 46.4 Å². The fourth-order valence-corrected chi connectivity index (χ4v) is 3.14. The first kappa shape index (κ1) is 20.6. The predicted molar refractivity (Wildman–Crippen MR) is 119 cm³/mol. The topological polar surface area (TPSA) is 81.2 Å². The molecule has 2 N–H and O–H groups in total. The number of rotatable bonds is 8. The van der Waals surface area contributed by atoms with Gasteiger partial charge in [-0.1, -0.05) is 11.6 Å². The minimum atomic E-state index is -0.479. The highest BCUT2D eigenvalue weighted by atomic mass is 35.5. The first-order valence-corrected chi connectivity index (χ1v) is 9.83. The predicted octanol–water partition coefficient (Wildman–Crippen LogP) is 5.06. The van der Waals surface area contributed by atoms with E-state index in [1.54, 1.807) is 43.8 Å². The van der Waals surface area contributed by atoms with E-state index in [2.05, 4.69) is 25.6 Å². The molecule has 158 valence electrons. The van der Waals surface area contributed by atoms with Gasteiger partial charge < -0.3 is 20.1 Å². The zero-order valence-corrected chi connectivity index (χ0v) is 17.4. The first-order valence-electron chi connectivity index (χ1n) is 9.45. The first-order chi connectivity index (χ1) is 15.1. The Labute approximate surface area is 183 Å². The number of methoxy groups -OCH3 is 1. The Bertz CT molecular complexity index is 1190. The van der Waals surface area contributed by atoms with Crippen molar-refractivity contribution in [3.05, 3.63) is 72.0 Å². The number of fused-ring (bicyclic) bond motifs is 1. The van der Waals surface area contributed by atoms with E-state index < -0.39 is 5.82 Å². The lowest BCUT2D eigenvalue weighted by Crippen LogP contribution is -2.12. The van der Waals surface area contributed by atoms with Crippen molar-refractivity contribution >= 4 is 39.7 Å². The summed E-state index contributed by atoms with van der Waals surface area (Å²) in [6.07, 6.45) is 4.84. The molecule has 0 radical (unpaired) electrons. The third kappa shape index (κ3) is 4.92. The molecule has 0 aliphatic heterocycles. The van der Waals surface area contributed by atoms with Crippen LogP contribution in [-0.4, -0.2) is 35.2 Å². The maximum absolute atomic E-state index is 14.2. The Morgan fingerprint density at radius 3 is 2.65 bits per heavy atom. The molecule has 2 aromatic heterocycles. The number of hydrogen-bond donors (Lipinski definition) is 2. The van der Waals surface area contributed by atoms with Crippen molar-refractivity contribution in [2.24, 2.45) is 0 Å². The van der Waals surface area contributed by atoms with E-state index in [1.807, 2.05) is 12.1 Å². The van der Waals surface area contributed by atoms with Gasteiger partial charge in [0.05, 0.1) is 18.3 Å². The van der Waals surface area contributed by atoms with Crippen LogP contribution in [-0.2, 0) is 0 Å². The van der Waals surface area contributed by atoms with Crippen LogP contribution in [0.4, 0.5) is 21.6 Å². The number of aromatic nitrogens is 3. The monoisotopic (exact) mass is 439 g/mol. The van der Waals surface area contributed by atoms with Crippen LogP contribution in [0.25, 0.3) is 10.9 Å². The van der Waals surface area contributed by atoms with Crippen LogP contribution in [0, 0.1) is 5.82 Å². The number of nitrogens with one attached hydrogen (secondary N) is 2. The molecule has 31 heavy (non-hydrogen) atoms. The highest BCUT2D eigenvalue weighted by Gasteiger charge is 2.13. The second-order valence-electron chi connectivity index (χ2n) is 6.50. The summed E-state index contributed by atoms with van der Waals surface area (Å²) < 4.78 is 25.6. The Hall–Kier alpha value is -3.65. The van der Waals surface area contributed by atoms with Crippen molar-refractivity contribution < 1.29 is 13.9 Å². The SMILES string of the molecule is COc1cc2c(Nc3ccc(Cl)cc3F)ncnc2cc1OCCNc1ccncc1. The molecular weight excluding hydrogens is 421 g/mol. The van der Waals surface area contributed by atoms with Crippen LogP contribution < -0.4 is 20.1 Å². The van der Waals surface area contributed by atoms with Gasteiger partial charge in [-0.3, -0.25) is 4.98 Å². The van der Waals surface area contributed by atoms with Crippen molar-refractivity contribution in [2.75, 3.05) is 30.9 Å². The summed E-state index contributed by atoms with van der Waals surface area (Å²) in [4.78, 5) is 12.5. The number of pyridine rings is 1. The van der Waals surface area contributed by atoms with Gasteiger partial charge in [0.15, 0.2) is 11.5 Å². The van der Waals surface area contributed by atoms with E-state index in [9.17, 15) is 4.39 Å². The van der Waals surface area contributed by atoms with Gasteiger partial charge in [-0.15, -0.1) is 0 Å². The summed E-state index contributed by atoms with van der Waals surface area (Å²) in [5, 5.41) is 7.22. The molecule has 0 fully saturated rings. The molecule has 2 aromatic carbocycles. The third-order valence-corrected chi connectivity index (χ3v) is 4.71. The average Bonchev–Trinajstić information content (AvgIpc) is 2.79. The van der Waals surface area contributed by atoms with Crippen molar-refractivity contribution in [2.45, 2.75) is 0 Å². The molecule has 9 heteroatoms. The van der Waals surface area contributed by atoms with Crippen molar-refractivity contribution in [3.63, 3.8) is 0 Å². The Morgan fingerprint density at radius 2 is 1.87 bits per heavy atom. The van der Waals surface area contributed by atoms with E-state index in [4.69, 9.17) is 21.1 Å². The van der Waals surface area contributed by atoms with Crippen LogP contribution >= 0.6 is 11.6 Å². The average molecular weight is 440 g/mol. The Kier molecular flexibility index (Phi) is 6.28. The lowest BCUT2D eigenvalue weighted by Gasteiger charge is -2.14. The largest absolute Gasteiger partial charge is 0.493 e. The molecule has 4 aromatic rings. The smallest absolute Gasteiger partial charge is 0.163 e. The van der Waals surface area contributed by atoms with Gasteiger partial charge in [0, 0.05) is 41.1 Å². The van der Waals surface area contributed by atoms with E-state index in [1.165, 1.54) is 12.4 Å². The zero-order valence-electron chi connectivity index (χ0n) is 16.6. The third-order valence-electron chi connectivity index (χ3n) is 4.47. The summed E-state index contributed by atoms with van der Waals surface area (Å²) in [7, 11) is 1.55. The van der Waals surface area contributed by atoms with E-state index in [-0.39, 0.29) is 5.69 Å². The lowest BCUT2D eigenvalue weighted by atomic mass is 10.2. The van der Waals surface area contributed by atoms with Gasteiger partial charge in [0.2, 0.25) is 0 Å². The van der Waals surface area contributed by atoms with Crippen LogP contribution in [0.5, 0.6) is 11.5 Å². The quantitative estimate of drug-likeness (QED) is 0.371. The molecule has 0 atom stereocenters. The number of halogens is 2. The Balaban J connectivity index is 1.53. The molecule has 4 rings (SSSR count). The molecule has 0 saturated carbocycles. The second kappa shape index (κ2) is 9.44. The highest BCUT2D eigenvalue weighted by molar-refractivity contribution is 6.30. The van der Waals surface area contributed by atoms with Crippen LogP contribution in [0.3, 0.4) is 0 Å². The van der Waals surface area contributed by atoms with Crippen LogP contribution in [0.15, 0.2) is 61.2 Å². The van der Waals surface area contributed by atoms with Crippen molar-refractivity contribution in [1.82, 2.24) is 15.0 Å². The number of nitrogens with zero attached hydrogens (tertiary/aromatic N) is 3. The molecule has 2 heterocycles. The standard InChI is InChI=1S/C22H19ClFN5O2/c1-30-20-11-16-19(12-21(20)31-9-8-26-15-4-6-25-7-5-15)27-13-28-22(16)29-18-3-2-14(23)10-17(18)24/h2-7,10-13H,8-9H2,1H3,(H,25,26)(H,27,28,29). The van der Waals surface area contributed by atoms with Gasteiger partial charge in [-0.2, -0.15) is 0 Å². The molecular formula is C22H19ClFN5O2. The molecule has 0 aliphatic rings. The number of ether oxygens (including phenoxy) is 2. The normalized spacial score (nSPS) is 10.7. The maximum Gasteiger partial charge on any atom is 0.163 e. The summed E-state index contributed by atoms with van der Waals surface area (Å²) in [5.74, 6) is 1.03. The molecule has 0 saturated heterocycles. The zero-order chi connectivity index (χ0) is 21.6. The van der Waals surface area contributed by atoms with Gasteiger partial charge >= 0.3 is 0 Å². The van der Waals surface area contributed by atoms with Crippen LogP contribution in [0.1, 0.15) is 0 Å². The van der Waals surface area contributed by atoms with Gasteiger partial charge in [-0.25, -0.2) is 14.4 Å². The Morgan fingerprint density at radius 1 is 1.03 bits per heavy atom. The maximum atomic E-state index is 14.2. The fourth-order valence-electron chi connectivity index (χ4n) is 2.98. The second-order valence-corrected chi connectivity index (χ2v) is 6.94. The highest BCUT2D eigenvalue weighted by Crippen LogP contribution is 2.35. The lowest BCUT2D eigenvalue weighted by molar-refractivity contribution is 0.306.